The predicted octanol–water partition coefficient (Wildman–Crippen LogP) is 2.58. The zero-order valence-corrected chi connectivity index (χ0v) is 12.8. The molecule has 0 saturated heterocycles. The number of ether oxygens (including phenoxy) is 1. The summed E-state index contributed by atoms with van der Waals surface area (Å²) in [5.74, 6) is 0. The maximum atomic E-state index is 10.7. The van der Waals surface area contributed by atoms with Gasteiger partial charge in [0.25, 0.3) is 0 Å². The fourth-order valence-electron chi connectivity index (χ4n) is 2.02. The van der Waals surface area contributed by atoms with Crippen molar-refractivity contribution in [2.45, 2.75) is 23.9 Å². The molecule has 2 heterocycles. The predicted molar refractivity (Wildman–Crippen MR) is 81.9 cm³/mol. The summed E-state index contributed by atoms with van der Waals surface area (Å²) in [6.07, 6.45) is -0.905. The highest BCUT2D eigenvalue weighted by molar-refractivity contribution is 7.99. The third kappa shape index (κ3) is 3.17. The number of nitrogens with one attached hydrogen (secondary N) is 1. The molecule has 2 aromatic heterocycles. The van der Waals surface area contributed by atoms with Crippen LogP contribution in [-0.2, 0) is 0 Å². The Morgan fingerprint density at radius 1 is 1.18 bits per heavy atom. The molecule has 3 N–H and O–H groups in total. The van der Waals surface area contributed by atoms with Gasteiger partial charge in [-0.15, -0.1) is 0 Å². The highest BCUT2D eigenvalue weighted by atomic mass is 32.2. The second-order valence-corrected chi connectivity index (χ2v) is 5.72. The Labute approximate surface area is 130 Å². The van der Waals surface area contributed by atoms with Crippen molar-refractivity contribution in [1.29, 1.82) is 0 Å². The van der Waals surface area contributed by atoms with Crippen molar-refractivity contribution in [2.24, 2.45) is 5.73 Å². The summed E-state index contributed by atoms with van der Waals surface area (Å²) in [6, 6.07) is 7.62. The minimum atomic E-state index is -0.905. The maximum absolute atomic E-state index is 10.7. The van der Waals surface area contributed by atoms with E-state index >= 15 is 0 Å². The Balaban J connectivity index is 1.89. The van der Waals surface area contributed by atoms with Gasteiger partial charge >= 0.3 is 12.1 Å². The molecule has 0 unspecified atom stereocenters. The van der Waals surface area contributed by atoms with Crippen LogP contribution in [0.2, 0.25) is 0 Å². The van der Waals surface area contributed by atoms with Crippen molar-refractivity contribution in [3.8, 4) is 6.01 Å². The third-order valence-corrected chi connectivity index (χ3v) is 3.65. The number of carbonyl (C=O) groups excluding carboxylic acids is 1. The summed E-state index contributed by atoms with van der Waals surface area (Å²) < 4.78 is 4.73. The van der Waals surface area contributed by atoms with Crippen LogP contribution < -0.4 is 10.5 Å². The summed E-state index contributed by atoms with van der Waals surface area (Å²) in [5, 5.41) is 0.685. The number of benzene rings is 1. The lowest BCUT2D eigenvalue weighted by Gasteiger charge is -2.02. The first-order valence-corrected chi connectivity index (χ1v) is 7.28. The first-order chi connectivity index (χ1) is 10.5. The molecule has 0 aliphatic carbocycles. The number of aromatic nitrogens is 4. The van der Waals surface area contributed by atoms with E-state index in [4.69, 9.17) is 10.5 Å². The van der Waals surface area contributed by atoms with E-state index < -0.39 is 6.09 Å². The Bertz CT molecular complexity index is 841. The number of fused-ring (bicyclic) bond motifs is 1. The van der Waals surface area contributed by atoms with Crippen molar-refractivity contribution in [1.82, 2.24) is 19.9 Å². The molecule has 0 fully saturated rings. The Morgan fingerprint density at radius 3 is 2.59 bits per heavy atom. The van der Waals surface area contributed by atoms with Crippen molar-refractivity contribution >= 4 is 28.9 Å². The summed E-state index contributed by atoms with van der Waals surface area (Å²) in [6.45, 7) is 3.87. The van der Waals surface area contributed by atoms with Crippen molar-refractivity contribution in [3.05, 3.63) is 35.7 Å². The topological polar surface area (TPSA) is 107 Å². The standard InChI is InChI=1S/C14H13N5O2S/c1-7-5-8(2)17-14(16-7)22-9-3-4-10-11(6-9)19-13(18-10)21-12(15)20/h3-6H,1-2H3,(H2,15,20)(H,18,19). The Hall–Kier alpha value is -2.61. The molecule has 22 heavy (non-hydrogen) atoms. The van der Waals surface area contributed by atoms with Crippen LogP contribution in [0, 0.1) is 13.8 Å². The fraction of sp³-hybridized carbons (Fsp3) is 0.143. The van der Waals surface area contributed by atoms with Crippen LogP contribution in [0.25, 0.3) is 11.0 Å². The molecule has 0 atom stereocenters. The largest absolute Gasteiger partial charge is 0.412 e. The van der Waals surface area contributed by atoms with Gasteiger partial charge in [0.05, 0.1) is 11.0 Å². The average Bonchev–Trinajstić information content (AvgIpc) is 2.77. The summed E-state index contributed by atoms with van der Waals surface area (Å²) in [4.78, 5) is 27.5. The van der Waals surface area contributed by atoms with Crippen molar-refractivity contribution in [3.63, 3.8) is 0 Å². The fourth-order valence-corrected chi connectivity index (χ4v) is 2.92. The third-order valence-electron chi connectivity index (χ3n) is 2.80. The zero-order valence-electron chi connectivity index (χ0n) is 12.0. The minimum Gasteiger partial charge on any atom is -0.376 e. The van der Waals surface area contributed by atoms with Crippen LogP contribution in [0.1, 0.15) is 11.4 Å². The van der Waals surface area contributed by atoms with E-state index in [1.807, 2.05) is 38.1 Å². The average molecular weight is 315 g/mol. The van der Waals surface area contributed by atoms with E-state index in [9.17, 15) is 4.79 Å². The highest BCUT2D eigenvalue weighted by Gasteiger charge is 2.09. The molecule has 0 aliphatic rings. The minimum absolute atomic E-state index is 0.0762. The van der Waals surface area contributed by atoms with E-state index in [0.717, 1.165) is 21.8 Å². The smallest absolute Gasteiger partial charge is 0.376 e. The van der Waals surface area contributed by atoms with Gasteiger partial charge in [-0.25, -0.2) is 14.8 Å². The number of rotatable bonds is 3. The second kappa shape index (κ2) is 5.64. The van der Waals surface area contributed by atoms with Crippen LogP contribution >= 0.6 is 11.8 Å². The van der Waals surface area contributed by atoms with Crippen LogP contribution in [0.5, 0.6) is 6.01 Å². The number of aryl methyl sites for hydroxylation is 2. The molecule has 1 amide bonds. The number of nitrogens with two attached hydrogens (primary N) is 1. The molecule has 0 saturated carbocycles. The van der Waals surface area contributed by atoms with E-state index in [0.29, 0.717) is 10.7 Å². The van der Waals surface area contributed by atoms with E-state index in [-0.39, 0.29) is 6.01 Å². The quantitative estimate of drug-likeness (QED) is 0.719. The van der Waals surface area contributed by atoms with Gasteiger partial charge in [-0.2, -0.15) is 4.98 Å². The number of primary amides is 1. The van der Waals surface area contributed by atoms with Gasteiger partial charge in [0.1, 0.15) is 0 Å². The zero-order chi connectivity index (χ0) is 15.7. The first kappa shape index (κ1) is 14.3. The number of nitrogens with zero attached hydrogens (tertiary/aromatic N) is 3. The summed E-state index contributed by atoms with van der Waals surface area (Å²) in [5.41, 5.74) is 8.24. The van der Waals surface area contributed by atoms with Gasteiger partial charge in [0.2, 0.25) is 0 Å². The lowest BCUT2D eigenvalue weighted by atomic mass is 10.3. The maximum Gasteiger partial charge on any atom is 0.412 e. The van der Waals surface area contributed by atoms with E-state index in [1.54, 1.807) is 0 Å². The van der Waals surface area contributed by atoms with Crippen LogP contribution in [0.3, 0.4) is 0 Å². The molecular weight excluding hydrogens is 302 g/mol. The Kier molecular flexibility index (Phi) is 3.68. The first-order valence-electron chi connectivity index (χ1n) is 6.47. The normalized spacial score (nSPS) is 10.8. The summed E-state index contributed by atoms with van der Waals surface area (Å²) in [7, 11) is 0. The lowest BCUT2D eigenvalue weighted by molar-refractivity contribution is 0.207. The molecule has 0 radical (unpaired) electrons. The van der Waals surface area contributed by atoms with E-state index in [2.05, 4.69) is 19.9 Å². The molecular formula is C14H13N5O2S. The number of hydrogen-bond donors (Lipinski definition) is 2. The number of amides is 1. The summed E-state index contributed by atoms with van der Waals surface area (Å²) >= 11 is 1.45. The molecule has 0 aliphatic heterocycles. The van der Waals surface area contributed by atoms with Gasteiger partial charge in [0.15, 0.2) is 5.16 Å². The van der Waals surface area contributed by atoms with Crippen LogP contribution in [0.15, 0.2) is 34.3 Å². The molecule has 8 heteroatoms. The second-order valence-electron chi connectivity index (χ2n) is 4.68. The van der Waals surface area contributed by atoms with Gasteiger partial charge in [-0.3, -0.25) is 0 Å². The van der Waals surface area contributed by atoms with E-state index in [1.165, 1.54) is 11.8 Å². The number of aromatic amines is 1. The number of H-pyrrole nitrogens is 1. The SMILES string of the molecule is Cc1cc(C)nc(Sc2ccc3nc(OC(N)=O)[nH]c3c2)n1. The molecule has 1 aromatic carbocycles. The van der Waals surface area contributed by atoms with Gasteiger partial charge in [0, 0.05) is 16.3 Å². The van der Waals surface area contributed by atoms with Gasteiger partial charge < -0.3 is 15.5 Å². The molecule has 112 valence electrons. The molecule has 3 rings (SSSR count). The lowest BCUT2D eigenvalue weighted by Crippen LogP contribution is -2.16. The molecule has 7 nitrogen and oxygen atoms in total. The number of carbonyl (C=O) groups is 1. The highest BCUT2D eigenvalue weighted by Crippen LogP contribution is 2.28. The molecule has 3 aromatic rings. The number of hydrogen-bond acceptors (Lipinski definition) is 6. The van der Waals surface area contributed by atoms with Crippen molar-refractivity contribution in [2.75, 3.05) is 0 Å². The van der Waals surface area contributed by atoms with Crippen LogP contribution in [0.4, 0.5) is 4.79 Å². The van der Waals surface area contributed by atoms with Gasteiger partial charge in [-0.05, 0) is 49.9 Å². The van der Waals surface area contributed by atoms with Crippen molar-refractivity contribution < 1.29 is 9.53 Å². The van der Waals surface area contributed by atoms with Crippen LogP contribution in [-0.4, -0.2) is 26.0 Å². The number of imidazole rings is 1. The molecule has 0 spiro atoms. The molecule has 0 bridgehead atoms. The Morgan fingerprint density at radius 2 is 1.91 bits per heavy atom. The monoisotopic (exact) mass is 315 g/mol. The van der Waals surface area contributed by atoms with Gasteiger partial charge in [-0.1, -0.05) is 0 Å².